The zero-order valence-electron chi connectivity index (χ0n) is 12.1. The number of carbonyl (C=O) groups excluding carboxylic acids is 1. The standard InChI is InChI=1S/C16H10ClN3O3S/c17-9-5-6-10-13(8-24-14(10)7-9)19-11-3-1-2-4-12(11)20(16(19)22)15(21)18-23/h1-8,23H,(H,18,21). The molecule has 0 radical (unpaired) electrons. The Labute approximate surface area is 144 Å². The number of fused-ring (bicyclic) bond motifs is 2. The topological polar surface area (TPSA) is 76.3 Å². The SMILES string of the molecule is O=C(NO)n1c(=O)n(-c2csc3cc(Cl)ccc23)c2ccccc21. The van der Waals surface area contributed by atoms with Crippen molar-refractivity contribution in [3.05, 3.63) is 63.4 Å². The average molecular weight is 360 g/mol. The number of aromatic nitrogens is 2. The molecule has 2 aromatic carbocycles. The number of hydrogen-bond donors (Lipinski definition) is 2. The van der Waals surface area contributed by atoms with Crippen LogP contribution in [0.3, 0.4) is 0 Å². The summed E-state index contributed by atoms with van der Waals surface area (Å²) in [7, 11) is 0. The van der Waals surface area contributed by atoms with Gasteiger partial charge in [0.25, 0.3) is 0 Å². The quantitative estimate of drug-likeness (QED) is 0.402. The van der Waals surface area contributed by atoms with Crippen molar-refractivity contribution in [1.29, 1.82) is 0 Å². The lowest BCUT2D eigenvalue weighted by Gasteiger charge is -2.01. The number of halogens is 1. The van der Waals surface area contributed by atoms with Crippen LogP contribution in [0.25, 0.3) is 26.8 Å². The molecule has 0 aliphatic carbocycles. The highest BCUT2D eigenvalue weighted by atomic mass is 35.5. The smallest absolute Gasteiger partial charge is 0.287 e. The van der Waals surface area contributed by atoms with Crippen molar-refractivity contribution < 1.29 is 10.0 Å². The molecule has 4 rings (SSSR count). The van der Waals surface area contributed by atoms with Gasteiger partial charge < -0.3 is 0 Å². The number of carbonyl (C=O) groups is 1. The number of nitrogens with one attached hydrogen (secondary N) is 1. The van der Waals surface area contributed by atoms with Crippen LogP contribution in [0.5, 0.6) is 0 Å². The van der Waals surface area contributed by atoms with Crippen molar-refractivity contribution in [2.24, 2.45) is 0 Å². The minimum Gasteiger partial charge on any atom is -0.287 e. The zero-order chi connectivity index (χ0) is 16.8. The molecule has 0 unspecified atom stereocenters. The van der Waals surface area contributed by atoms with E-state index in [1.807, 2.05) is 17.5 Å². The Kier molecular flexibility index (Phi) is 3.42. The fourth-order valence-electron chi connectivity index (χ4n) is 2.79. The third-order valence-corrected chi connectivity index (χ3v) is 4.97. The predicted octanol–water partition coefficient (Wildman–Crippen LogP) is 3.61. The van der Waals surface area contributed by atoms with Crippen molar-refractivity contribution in [1.82, 2.24) is 14.6 Å². The Hall–Kier alpha value is -2.61. The molecule has 0 spiro atoms. The number of hydroxylamine groups is 1. The van der Waals surface area contributed by atoms with Crippen molar-refractivity contribution in [3.8, 4) is 5.69 Å². The van der Waals surface area contributed by atoms with Gasteiger partial charge in [0.2, 0.25) is 0 Å². The van der Waals surface area contributed by atoms with E-state index in [1.165, 1.54) is 21.4 Å². The Balaban J connectivity index is 2.12. The second-order valence-electron chi connectivity index (χ2n) is 5.12. The van der Waals surface area contributed by atoms with Crippen molar-refractivity contribution in [3.63, 3.8) is 0 Å². The van der Waals surface area contributed by atoms with Crippen LogP contribution in [0.1, 0.15) is 0 Å². The molecule has 24 heavy (non-hydrogen) atoms. The van der Waals surface area contributed by atoms with Gasteiger partial charge in [-0.25, -0.2) is 19.6 Å². The van der Waals surface area contributed by atoms with Gasteiger partial charge in [-0.15, -0.1) is 11.3 Å². The first-order valence-corrected chi connectivity index (χ1v) is 8.21. The van der Waals surface area contributed by atoms with Crippen LogP contribution < -0.4 is 11.2 Å². The summed E-state index contributed by atoms with van der Waals surface area (Å²) in [5.74, 6) is 0. The maximum atomic E-state index is 12.8. The average Bonchev–Trinajstić information content (AvgIpc) is 3.11. The molecule has 0 bridgehead atoms. The Morgan fingerprint density at radius 1 is 1.17 bits per heavy atom. The molecule has 2 heterocycles. The van der Waals surface area contributed by atoms with Gasteiger partial charge in [0.15, 0.2) is 0 Å². The summed E-state index contributed by atoms with van der Waals surface area (Å²) in [5, 5.41) is 12.3. The van der Waals surface area contributed by atoms with Gasteiger partial charge >= 0.3 is 11.7 Å². The minimum atomic E-state index is -0.905. The minimum absolute atomic E-state index is 0.405. The summed E-state index contributed by atoms with van der Waals surface area (Å²) in [6, 6.07) is 11.4. The fourth-order valence-corrected chi connectivity index (χ4v) is 3.99. The highest BCUT2D eigenvalue weighted by Crippen LogP contribution is 2.32. The van der Waals surface area contributed by atoms with E-state index in [1.54, 1.807) is 30.3 Å². The first-order valence-electron chi connectivity index (χ1n) is 6.96. The number of nitrogens with zero attached hydrogens (tertiary/aromatic N) is 2. The van der Waals surface area contributed by atoms with Crippen LogP contribution in [-0.2, 0) is 0 Å². The van der Waals surface area contributed by atoms with E-state index < -0.39 is 11.7 Å². The van der Waals surface area contributed by atoms with Gasteiger partial charge in [0, 0.05) is 20.5 Å². The summed E-state index contributed by atoms with van der Waals surface area (Å²) < 4.78 is 3.29. The van der Waals surface area contributed by atoms with Crippen molar-refractivity contribution in [2.45, 2.75) is 0 Å². The number of imidazole rings is 1. The number of para-hydroxylation sites is 2. The molecule has 0 aliphatic rings. The van der Waals surface area contributed by atoms with E-state index in [4.69, 9.17) is 16.8 Å². The van der Waals surface area contributed by atoms with E-state index in [-0.39, 0.29) is 0 Å². The maximum Gasteiger partial charge on any atom is 0.354 e. The van der Waals surface area contributed by atoms with Gasteiger partial charge in [0.05, 0.1) is 16.7 Å². The van der Waals surface area contributed by atoms with E-state index >= 15 is 0 Å². The molecule has 120 valence electrons. The van der Waals surface area contributed by atoms with Crippen molar-refractivity contribution in [2.75, 3.05) is 0 Å². The largest absolute Gasteiger partial charge is 0.354 e. The summed E-state index contributed by atoms with van der Waals surface area (Å²) in [6.07, 6.45) is 0. The molecule has 2 N–H and O–H groups in total. The Bertz CT molecular complexity index is 1160. The van der Waals surface area contributed by atoms with E-state index in [2.05, 4.69) is 0 Å². The van der Waals surface area contributed by atoms with Crippen LogP contribution in [0.15, 0.2) is 52.6 Å². The van der Waals surface area contributed by atoms with E-state index in [0.29, 0.717) is 21.7 Å². The van der Waals surface area contributed by atoms with Gasteiger partial charge in [0.1, 0.15) is 0 Å². The number of benzene rings is 2. The van der Waals surface area contributed by atoms with Gasteiger partial charge in [-0.2, -0.15) is 0 Å². The highest BCUT2D eigenvalue weighted by Gasteiger charge is 2.20. The fraction of sp³-hybridized carbons (Fsp3) is 0. The van der Waals surface area contributed by atoms with Gasteiger partial charge in [-0.3, -0.25) is 9.77 Å². The third kappa shape index (κ3) is 2.06. The molecule has 4 aromatic rings. The zero-order valence-corrected chi connectivity index (χ0v) is 13.6. The molecular formula is C16H10ClN3O3S. The molecule has 0 atom stereocenters. The Morgan fingerprint density at radius 2 is 1.92 bits per heavy atom. The maximum absolute atomic E-state index is 12.8. The van der Waals surface area contributed by atoms with Crippen molar-refractivity contribution >= 4 is 50.1 Å². The van der Waals surface area contributed by atoms with Crippen LogP contribution >= 0.6 is 22.9 Å². The van der Waals surface area contributed by atoms with Gasteiger partial charge in [-0.1, -0.05) is 23.7 Å². The summed E-state index contributed by atoms with van der Waals surface area (Å²) in [4.78, 5) is 24.7. The predicted molar refractivity (Wildman–Crippen MR) is 93.6 cm³/mol. The molecule has 0 fully saturated rings. The molecule has 0 aliphatic heterocycles. The molecule has 8 heteroatoms. The lowest BCUT2D eigenvalue weighted by atomic mass is 10.2. The van der Waals surface area contributed by atoms with Crippen LogP contribution in [0.2, 0.25) is 5.02 Å². The molecule has 2 aromatic heterocycles. The Morgan fingerprint density at radius 3 is 2.67 bits per heavy atom. The lowest BCUT2D eigenvalue weighted by Crippen LogP contribution is -2.34. The van der Waals surface area contributed by atoms with Crippen LogP contribution in [-0.4, -0.2) is 20.4 Å². The van der Waals surface area contributed by atoms with E-state index in [0.717, 1.165) is 14.7 Å². The summed E-state index contributed by atoms with van der Waals surface area (Å²) in [5.41, 5.74) is 2.59. The van der Waals surface area contributed by atoms with E-state index in [9.17, 15) is 9.59 Å². The monoisotopic (exact) mass is 359 g/mol. The van der Waals surface area contributed by atoms with Crippen LogP contribution in [0, 0.1) is 0 Å². The molecule has 1 amide bonds. The summed E-state index contributed by atoms with van der Waals surface area (Å²) in [6.45, 7) is 0. The second-order valence-corrected chi connectivity index (χ2v) is 6.47. The number of thiophene rings is 1. The molecule has 6 nitrogen and oxygen atoms in total. The highest BCUT2D eigenvalue weighted by molar-refractivity contribution is 7.17. The lowest BCUT2D eigenvalue weighted by molar-refractivity contribution is 0.163. The molecule has 0 saturated heterocycles. The number of amides is 1. The molecular weight excluding hydrogens is 350 g/mol. The molecule has 0 saturated carbocycles. The normalized spacial score (nSPS) is 11.2. The first-order chi connectivity index (χ1) is 11.6. The summed E-state index contributed by atoms with van der Waals surface area (Å²) >= 11 is 7.48. The second kappa shape index (κ2) is 5.48. The first kappa shape index (κ1) is 14.9. The third-order valence-electron chi connectivity index (χ3n) is 3.80. The van der Waals surface area contributed by atoms with Crippen LogP contribution in [0.4, 0.5) is 4.79 Å². The number of rotatable bonds is 1. The number of hydrogen-bond acceptors (Lipinski definition) is 4. The van der Waals surface area contributed by atoms with Gasteiger partial charge in [-0.05, 0) is 30.3 Å².